The molecule has 0 unspecified atom stereocenters. The molecule has 38 heavy (non-hydrogen) atoms. The highest BCUT2D eigenvalue weighted by Gasteiger charge is 2.32. The first-order valence-electron chi connectivity index (χ1n) is 13.1. The highest BCUT2D eigenvalue weighted by atomic mass is 16.5. The van der Waals surface area contributed by atoms with E-state index in [0.717, 1.165) is 36.8 Å². The predicted molar refractivity (Wildman–Crippen MR) is 146 cm³/mol. The average molecular weight is 517 g/mol. The Balaban J connectivity index is 1.60. The fourth-order valence-electron chi connectivity index (χ4n) is 4.79. The molecule has 0 heterocycles. The Morgan fingerprint density at radius 1 is 0.842 bits per heavy atom. The van der Waals surface area contributed by atoms with Gasteiger partial charge in [-0.3, -0.25) is 9.59 Å². The van der Waals surface area contributed by atoms with E-state index in [1.54, 1.807) is 37.3 Å². The third kappa shape index (κ3) is 7.51. The van der Waals surface area contributed by atoms with Crippen LogP contribution in [0.5, 0.6) is 17.2 Å². The summed E-state index contributed by atoms with van der Waals surface area (Å²) in [5.74, 6) is 1.16. The first kappa shape index (κ1) is 27.0. The van der Waals surface area contributed by atoms with Crippen molar-refractivity contribution in [3.05, 3.63) is 90.0 Å². The number of rotatable bonds is 12. The van der Waals surface area contributed by atoms with Crippen LogP contribution < -0.4 is 19.5 Å². The Labute approximate surface area is 224 Å². The van der Waals surface area contributed by atoms with Crippen molar-refractivity contribution in [2.45, 2.75) is 50.7 Å². The molecule has 0 aromatic heterocycles. The van der Waals surface area contributed by atoms with Crippen LogP contribution in [-0.4, -0.2) is 49.6 Å². The molecule has 1 saturated carbocycles. The standard InChI is InChI=1S/C31H36N2O5/c1-36-26-18-27(37-2)20-28(19-26)38-22-30(34)33(21-24-13-7-4-8-14-24)29(17-23-11-5-3-6-12-23)31(35)32-25-15-9-10-16-25/h3-8,11-14,18-20,25,29H,9-10,15-17,21-22H2,1-2H3,(H,32,35)/t29-/m0/s1. The molecular weight excluding hydrogens is 480 g/mol. The van der Waals surface area contributed by atoms with Crippen LogP contribution in [0.25, 0.3) is 0 Å². The molecule has 3 aromatic carbocycles. The molecule has 0 radical (unpaired) electrons. The van der Waals surface area contributed by atoms with Gasteiger partial charge in [-0.15, -0.1) is 0 Å². The van der Waals surface area contributed by atoms with Gasteiger partial charge < -0.3 is 24.4 Å². The van der Waals surface area contributed by atoms with Gasteiger partial charge in [0.25, 0.3) is 5.91 Å². The van der Waals surface area contributed by atoms with Gasteiger partial charge in [0.15, 0.2) is 6.61 Å². The van der Waals surface area contributed by atoms with E-state index in [1.165, 1.54) is 0 Å². The van der Waals surface area contributed by atoms with Crippen molar-refractivity contribution < 1.29 is 23.8 Å². The van der Waals surface area contributed by atoms with Crippen molar-refractivity contribution in [1.29, 1.82) is 0 Å². The molecule has 0 spiro atoms. The molecule has 0 bridgehead atoms. The second-order valence-electron chi connectivity index (χ2n) is 9.54. The van der Waals surface area contributed by atoms with Crippen LogP contribution in [0.4, 0.5) is 0 Å². The smallest absolute Gasteiger partial charge is 0.261 e. The molecule has 1 fully saturated rings. The van der Waals surface area contributed by atoms with E-state index in [1.807, 2.05) is 60.7 Å². The summed E-state index contributed by atoms with van der Waals surface area (Å²) in [5.41, 5.74) is 1.93. The molecule has 1 aliphatic carbocycles. The zero-order chi connectivity index (χ0) is 26.7. The summed E-state index contributed by atoms with van der Waals surface area (Å²) in [6.45, 7) is 0.0607. The molecule has 4 rings (SSSR count). The van der Waals surface area contributed by atoms with Crippen LogP contribution in [0.15, 0.2) is 78.9 Å². The maximum Gasteiger partial charge on any atom is 0.261 e. The number of nitrogens with zero attached hydrogens (tertiary/aromatic N) is 1. The van der Waals surface area contributed by atoms with E-state index in [0.29, 0.717) is 30.2 Å². The van der Waals surface area contributed by atoms with E-state index in [9.17, 15) is 9.59 Å². The maximum absolute atomic E-state index is 13.8. The van der Waals surface area contributed by atoms with Crippen LogP contribution >= 0.6 is 0 Å². The first-order valence-corrected chi connectivity index (χ1v) is 13.1. The fraction of sp³-hybridized carbons (Fsp3) is 0.355. The summed E-state index contributed by atoms with van der Waals surface area (Å²) in [6.07, 6.45) is 4.57. The summed E-state index contributed by atoms with van der Waals surface area (Å²) < 4.78 is 16.5. The zero-order valence-electron chi connectivity index (χ0n) is 22.1. The molecule has 1 N–H and O–H groups in total. The molecule has 1 aliphatic rings. The summed E-state index contributed by atoms with van der Waals surface area (Å²) >= 11 is 0. The lowest BCUT2D eigenvalue weighted by molar-refractivity contribution is -0.143. The summed E-state index contributed by atoms with van der Waals surface area (Å²) in [6, 6.07) is 24.1. The molecule has 2 amide bonds. The third-order valence-corrected chi connectivity index (χ3v) is 6.86. The fourth-order valence-corrected chi connectivity index (χ4v) is 4.79. The van der Waals surface area contributed by atoms with Gasteiger partial charge in [-0.05, 0) is 24.0 Å². The molecule has 7 heteroatoms. The molecule has 1 atom stereocenters. The number of hydrogen-bond acceptors (Lipinski definition) is 5. The number of amides is 2. The lowest BCUT2D eigenvalue weighted by Crippen LogP contribution is -2.53. The van der Waals surface area contributed by atoms with Gasteiger partial charge in [0.1, 0.15) is 23.3 Å². The third-order valence-electron chi connectivity index (χ3n) is 6.86. The Hall–Kier alpha value is -4.00. The number of nitrogens with one attached hydrogen (secondary N) is 1. The molecular formula is C31H36N2O5. The topological polar surface area (TPSA) is 77.1 Å². The number of carbonyl (C=O) groups excluding carboxylic acids is 2. The van der Waals surface area contributed by atoms with Crippen molar-refractivity contribution in [1.82, 2.24) is 10.2 Å². The molecule has 0 aliphatic heterocycles. The van der Waals surface area contributed by atoms with E-state index in [2.05, 4.69) is 5.32 Å². The van der Waals surface area contributed by atoms with Gasteiger partial charge in [-0.2, -0.15) is 0 Å². The largest absolute Gasteiger partial charge is 0.496 e. The van der Waals surface area contributed by atoms with Gasteiger partial charge in [-0.1, -0.05) is 73.5 Å². The lowest BCUT2D eigenvalue weighted by atomic mass is 10.0. The second kappa shape index (κ2) is 13.5. The van der Waals surface area contributed by atoms with Crippen molar-refractivity contribution in [3.8, 4) is 17.2 Å². The molecule has 7 nitrogen and oxygen atoms in total. The van der Waals surface area contributed by atoms with Crippen LogP contribution in [-0.2, 0) is 22.6 Å². The number of carbonyl (C=O) groups is 2. The van der Waals surface area contributed by atoms with Gasteiger partial charge in [0, 0.05) is 37.2 Å². The predicted octanol–water partition coefficient (Wildman–Crippen LogP) is 4.78. The van der Waals surface area contributed by atoms with Crippen molar-refractivity contribution in [2.75, 3.05) is 20.8 Å². The highest BCUT2D eigenvalue weighted by molar-refractivity contribution is 5.88. The van der Waals surface area contributed by atoms with Gasteiger partial charge in [-0.25, -0.2) is 0 Å². The normalized spacial score (nSPS) is 13.9. The summed E-state index contributed by atoms with van der Waals surface area (Å²) in [7, 11) is 3.12. The zero-order valence-corrected chi connectivity index (χ0v) is 22.1. The Morgan fingerprint density at radius 3 is 1.97 bits per heavy atom. The summed E-state index contributed by atoms with van der Waals surface area (Å²) in [5, 5.41) is 3.22. The lowest BCUT2D eigenvalue weighted by Gasteiger charge is -2.32. The monoisotopic (exact) mass is 516 g/mol. The summed E-state index contributed by atoms with van der Waals surface area (Å²) in [4.78, 5) is 29.1. The quantitative estimate of drug-likeness (QED) is 0.375. The van der Waals surface area contributed by atoms with Crippen LogP contribution in [0, 0.1) is 0 Å². The number of benzene rings is 3. The minimum atomic E-state index is -0.686. The molecule has 0 saturated heterocycles. The minimum Gasteiger partial charge on any atom is -0.496 e. The minimum absolute atomic E-state index is 0.131. The Bertz CT molecular complexity index is 1160. The Kier molecular flexibility index (Phi) is 9.62. The van der Waals surface area contributed by atoms with Crippen LogP contribution in [0.3, 0.4) is 0 Å². The first-order chi connectivity index (χ1) is 18.6. The molecule has 3 aromatic rings. The number of methoxy groups -OCH3 is 2. The number of ether oxygens (including phenoxy) is 3. The van der Waals surface area contributed by atoms with E-state index >= 15 is 0 Å². The van der Waals surface area contributed by atoms with Crippen molar-refractivity contribution >= 4 is 11.8 Å². The van der Waals surface area contributed by atoms with Gasteiger partial charge >= 0.3 is 0 Å². The van der Waals surface area contributed by atoms with Crippen molar-refractivity contribution in [2.24, 2.45) is 0 Å². The van der Waals surface area contributed by atoms with Gasteiger partial charge in [0.2, 0.25) is 5.91 Å². The number of hydrogen-bond donors (Lipinski definition) is 1. The van der Waals surface area contributed by atoms with E-state index < -0.39 is 6.04 Å². The Morgan fingerprint density at radius 2 is 1.39 bits per heavy atom. The van der Waals surface area contributed by atoms with E-state index in [-0.39, 0.29) is 24.5 Å². The van der Waals surface area contributed by atoms with E-state index in [4.69, 9.17) is 14.2 Å². The maximum atomic E-state index is 13.8. The molecule has 200 valence electrons. The van der Waals surface area contributed by atoms with Crippen molar-refractivity contribution in [3.63, 3.8) is 0 Å². The SMILES string of the molecule is COc1cc(OC)cc(OCC(=O)N(Cc2ccccc2)[C@@H](Cc2ccccc2)C(=O)NC2CCCC2)c1. The second-order valence-corrected chi connectivity index (χ2v) is 9.54. The average Bonchev–Trinajstić information content (AvgIpc) is 3.47. The van der Waals surface area contributed by atoms with Crippen LogP contribution in [0.2, 0.25) is 0 Å². The highest BCUT2D eigenvalue weighted by Crippen LogP contribution is 2.27. The van der Waals surface area contributed by atoms with Crippen LogP contribution in [0.1, 0.15) is 36.8 Å². The van der Waals surface area contributed by atoms with Gasteiger partial charge in [0.05, 0.1) is 14.2 Å².